The summed E-state index contributed by atoms with van der Waals surface area (Å²) in [5.74, 6) is -1.79. The molecule has 0 bridgehead atoms. The van der Waals surface area contributed by atoms with Crippen LogP contribution >= 0.6 is 0 Å². The molecule has 25 heavy (non-hydrogen) atoms. The van der Waals surface area contributed by atoms with Crippen molar-refractivity contribution >= 4 is 11.5 Å². The van der Waals surface area contributed by atoms with Gasteiger partial charge in [0.05, 0.1) is 11.2 Å². The summed E-state index contributed by atoms with van der Waals surface area (Å²) in [4.78, 5) is 11.3. The number of carbonyl (C=O) groups is 1. The molecule has 2 aromatic heterocycles. The Morgan fingerprint density at radius 1 is 1.36 bits per heavy atom. The molecule has 0 spiro atoms. The van der Waals surface area contributed by atoms with Gasteiger partial charge in [-0.3, -0.25) is 0 Å². The molecule has 126 valence electrons. The number of pyridine rings is 1. The number of methoxy groups -OCH3 is 1. The lowest BCUT2D eigenvalue weighted by molar-refractivity contribution is 0.0484. The Labute approximate surface area is 142 Å². The fourth-order valence-electron chi connectivity index (χ4n) is 2.64. The number of aromatic carboxylic acids is 1. The van der Waals surface area contributed by atoms with Crippen LogP contribution in [-0.2, 0) is 4.74 Å². The molecule has 3 aromatic rings. The molecule has 2 heterocycles. The molecule has 0 aliphatic carbocycles. The van der Waals surface area contributed by atoms with Crippen molar-refractivity contribution in [1.82, 2.24) is 4.40 Å². The zero-order chi connectivity index (χ0) is 18.0. The van der Waals surface area contributed by atoms with E-state index < -0.39 is 11.8 Å². The van der Waals surface area contributed by atoms with E-state index in [1.807, 2.05) is 6.07 Å². The number of carboxylic acids is 1. The number of nitriles is 1. The molecule has 0 saturated heterocycles. The number of hydrogen-bond donors (Lipinski definition) is 1. The largest absolute Gasteiger partial charge is 0.478 e. The topological polar surface area (TPSA) is 84.0 Å². The van der Waals surface area contributed by atoms with Crippen LogP contribution in [0.4, 0.5) is 4.39 Å². The molecular formula is C18H13FN2O4. The smallest absolute Gasteiger partial charge is 0.339 e. The number of nitrogens with zero attached hydrogens (tertiary/aromatic N) is 2. The van der Waals surface area contributed by atoms with Gasteiger partial charge in [-0.1, -0.05) is 12.1 Å². The standard InChI is InChI=1S/C18H13FN2O4/c1-24-10-25-15-8-11(5-6-12(15)18(22)23)17-16(19)13(9-20)14-4-2-3-7-21(14)17/h2-8H,10H2,1H3,(H,22,23). The number of aromatic nitrogens is 1. The Morgan fingerprint density at radius 3 is 2.84 bits per heavy atom. The molecule has 0 unspecified atom stereocenters. The molecule has 0 aliphatic rings. The molecule has 1 aromatic carbocycles. The van der Waals surface area contributed by atoms with Gasteiger partial charge in [0.15, 0.2) is 12.6 Å². The maximum Gasteiger partial charge on any atom is 0.339 e. The number of hydrogen-bond acceptors (Lipinski definition) is 4. The predicted molar refractivity (Wildman–Crippen MR) is 87.0 cm³/mol. The molecule has 6 nitrogen and oxygen atoms in total. The summed E-state index contributed by atoms with van der Waals surface area (Å²) in [7, 11) is 1.41. The average Bonchev–Trinajstić information content (AvgIpc) is 2.90. The van der Waals surface area contributed by atoms with Crippen LogP contribution in [-0.4, -0.2) is 29.4 Å². The molecule has 1 N–H and O–H groups in total. The molecule has 7 heteroatoms. The number of ether oxygens (including phenoxy) is 2. The first-order valence-electron chi connectivity index (χ1n) is 7.26. The van der Waals surface area contributed by atoms with E-state index in [4.69, 9.17) is 9.47 Å². The summed E-state index contributed by atoms with van der Waals surface area (Å²) in [6, 6.07) is 11.1. The van der Waals surface area contributed by atoms with E-state index in [0.717, 1.165) is 0 Å². The van der Waals surface area contributed by atoms with Crippen molar-refractivity contribution in [2.45, 2.75) is 0 Å². The minimum atomic E-state index is -1.17. The number of benzene rings is 1. The van der Waals surface area contributed by atoms with E-state index in [-0.39, 0.29) is 29.4 Å². The first-order chi connectivity index (χ1) is 12.1. The van der Waals surface area contributed by atoms with Crippen molar-refractivity contribution in [1.29, 1.82) is 5.26 Å². The Kier molecular flexibility index (Phi) is 4.37. The zero-order valence-electron chi connectivity index (χ0n) is 13.2. The molecule has 0 saturated carbocycles. The van der Waals surface area contributed by atoms with Gasteiger partial charge < -0.3 is 19.0 Å². The lowest BCUT2D eigenvalue weighted by Crippen LogP contribution is -2.06. The second-order valence-corrected chi connectivity index (χ2v) is 5.17. The number of fused-ring (bicyclic) bond motifs is 1. The van der Waals surface area contributed by atoms with E-state index in [2.05, 4.69) is 0 Å². The summed E-state index contributed by atoms with van der Waals surface area (Å²) in [5.41, 5.74) is 0.835. The third-order valence-corrected chi connectivity index (χ3v) is 3.71. The monoisotopic (exact) mass is 340 g/mol. The van der Waals surface area contributed by atoms with Gasteiger partial charge in [0, 0.05) is 18.9 Å². The highest BCUT2D eigenvalue weighted by atomic mass is 19.1. The average molecular weight is 340 g/mol. The fraction of sp³-hybridized carbons (Fsp3) is 0.111. The molecule has 0 atom stereocenters. The van der Waals surface area contributed by atoms with Crippen molar-refractivity contribution in [2.24, 2.45) is 0 Å². The Morgan fingerprint density at radius 2 is 2.16 bits per heavy atom. The van der Waals surface area contributed by atoms with Gasteiger partial charge in [-0.2, -0.15) is 5.26 Å². The van der Waals surface area contributed by atoms with Gasteiger partial charge in [-0.15, -0.1) is 0 Å². The normalized spacial score (nSPS) is 10.6. The highest BCUT2D eigenvalue weighted by Gasteiger charge is 2.21. The number of rotatable bonds is 5. The highest BCUT2D eigenvalue weighted by Crippen LogP contribution is 2.33. The van der Waals surface area contributed by atoms with E-state index in [9.17, 15) is 19.6 Å². The Hall–Kier alpha value is -3.37. The SMILES string of the molecule is COCOc1cc(-c2c(F)c(C#N)c3ccccn23)ccc1C(=O)O. The molecule has 0 aliphatic heterocycles. The lowest BCUT2D eigenvalue weighted by atomic mass is 10.1. The van der Waals surface area contributed by atoms with Crippen LogP contribution in [0, 0.1) is 17.1 Å². The number of halogens is 1. The van der Waals surface area contributed by atoms with Gasteiger partial charge >= 0.3 is 5.97 Å². The molecule has 0 radical (unpaired) electrons. The van der Waals surface area contributed by atoms with Crippen LogP contribution in [0.25, 0.3) is 16.8 Å². The minimum Gasteiger partial charge on any atom is -0.478 e. The van der Waals surface area contributed by atoms with Crippen molar-refractivity contribution < 1.29 is 23.8 Å². The van der Waals surface area contributed by atoms with Gasteiger partial charge in [-0.05, 0) is 24.3 Å². The first kappa shape index (κ1) is 16.5. The summed E-state index contributed by atoms with van der Waals surface area (Å²) in [5, 5.41) is 18.5. The van der Waals surface area contributed by atoms with Gasteiger partial charge in [-0.25, -0.2) is 9.18 Å². The molecule has 0 amide bonds. The van der Waals surface area contributed by atoms with Gasteiger partial charge in [0.25, 0.3) is 0 Å². The summed E-state index contributed by atoms with van der Waals surface area (Å²) in [6.45, 7) is -0.148. The fourth-order valence-corrected chi connectivity index (χ4v) is 2.64. The highest BCUT2D eigenvalue weighted by molar-refractivity contribution is 5.92. The van der Waals surface area contributed by atoms with Gasteiger partial charge in [0.1, 0.15) is 22.9 Å². The third kappa shape index (κ3) is 2.79. The second-order valence-electron chi connectivity index (χ2n) is 5.17. The molecule has 0 fully saturated rings. The lowest BCUT2D eigenvalue weighted by Gasteiger charge is -2.11. The number of carboxylic acid groups (broad SMARTS) is 1. The van der Waals surface area contributed by atoms with E-state index in [1.54, 1.807) is 28.8 Å². The van der Waals surface area contributed by atoms with Crippen molar-refractivity contribution in [2.75, 3.05) is 13.9 Å². The van der Waals surface area contributed by atoms with Crippen LogP contribution in [0.5, 0.6) is 5.75 Å². The Bertz CT molecular complexity index is 1000. The third-order valence-electron chi connectivity index (χ3n) is 3.71. The summed E-state index contributed by atoms with van der Waals surface area (Å²) >= 11 is 0. The molecule has 3 rings (SSSR count). The van der Waals surface area contributed by atoms with Crippen molar-refractivity contribution in [3.8, 4) is 23.1 Å². The first-order valence-corrected chi connectivity index (χ1v) is 7.26. The minimum absolute atomic E-state index is 0.0515. The van der Waals surface area contributed by atoms with Crippen LogP contribution < -0.4 is 4.74 Å². The quantitative estimate of drug-likeness (QED) is 0.721. The Balaban J connectivity index is 2.24. The summed E-state index contributed by atoms with van der Waals surface area (Å²) < 4.78 is 26.4. The van der Waals surface area contributed by atoms with E-state index in [0.29, 0.717) is 11.1 Å². The van der Waals surface area contributed by atoms with E-state index >= 15 is 0 Å². The van der Waals surface area contributed by atoms with Crippen LogP contribution in [0.2, 0.25) is 0 Å². The zero-order valence-corrected chi connectivity index (χ0v) is 13.2. The van der Waals surface area contributed by atoms with Gasteiger partial charge in [0.2, 0.25) is 0 Å². The van der Waals surface area contributed by atoms with Crippen molar-refractivity contribution in [3.05, 3.63) is 59.5 Å². The predicted octanol–water partition coefficient (Wildman–Crippen LogP) is 3.30. The van der Waals surface area contributed by atoms with Crippen LogP contribution in [0.15, 0.2) is 42.6 Å². The van der Waals surface area contributed by atoms with Crippen LogP contribution in [0.3, 0.4) is 0 Å². The maximum absolute atomic E-state index is 14.8. The van der Waals surface area contributed by atoms with Crippen LogP contribution in [0.1, 0.15) is 15.9 Å². The van der Waals surface area contributed by atoms with Crippen molar-refractivity contribution in [3.63, 3.8) is 0 Å². The summed E-state index contributed by atoms with van der Waals surface area (Å²) in [6.07, 6.45) is 1.63. The van der Waals surface area contributed by atoms with E-state index in [1.165, 1.54) is 25.3 Å². The second kappa shape index (κ2) is 6.63. The maximum atomic E-state index is 14.8. The molecular weight excluding hydrogens is 327 g/mol.